The molecule has 1 unspecified atom stereocenters. The molecule has 1 N–H and O–H groups in total. The molecule has 0 spiro atoms. The molecule has 0 aromatic heterocycles. The number of hydrogen-bond donors (Lipinski definition) is 1. The molecular weight excluding hydrogens is 411 g/mol. The molecular formula is C18H18Cl2N2O4S. The van der Waals surface area contributed by atoms with Crippen LogP contribution in [0, 0.1) is 6.92 Å². The van der Waals surface area contributed by atoms with E-state index in [0.717, 1.165) is 4.31 Å². The molecule has 6 nitrogen and oxygen atoms in total. The van der Waals surface area contributed by atoms with E-state index in [4.69, 9.17) is 23.2 Å². The molecule has 9 heteroatoms. The number of sulfonamides is 1. The monoisotopic (exact) mass is 428 g/mol. The lowest BCUT2D eigenvalue weighted by atomic mass is 10.2. The van der Waals surface area contributed by atoms with Gasteiger partial charge in [0.1, 0.15) is 6.04 Å². The number of rotatable bonds is 6. The lowest BCUT2D eigenvalue weighted by Gasteiger charge is -2.30. The SMILES string of the molecule is CC(=O)Nc1ccc(S(=O)(=O)N(c2cccc(Cl)c2C)C(C)C(=O)Cl)cc1. The highest BCUT2D eigenvalue weighted by atomic mass is 35.5. The molecule has 0 saturated heterocycles. The first kappa shape index (κ1) is 21.2. The lowest BCUT2D eigenvalue weighted by molar-refractivity contribution is -0.114. The quantitative estimate of drug-likeness (QED) is 0.705. The van der Waals surface area contributed by atoms with E-state index >= 15 is 0 Å². The van der Waals surface area contributed by atoms with Gasteiger partial charge in [0.15, 0.2) is 0 Å². The third kappa shape index (κ3) is 4.61. The van der Waals surface area contributed by atoms with Crippen molar-refractivity contribution in [2.24, 2.45) is 0 Å². The molecule has 2 aromatic carbocycles. The van der Waals surface area contributed by atoms with Crippen LogP contribution in [0.1, 0.15) is 19.4 Å². The fraction of sp³-hybridized carbons (Fsp3) is 0.222. The second-order valence-electron chi connectivity index (χ2n) is 5.87. The van der Waals surface area contributed by atoms with Gasteiger partial charge in [-0.3, -0.25) is 13.9 Å². The Hall–Kier alpha value is -2.09. The molecule has 0 radical (unpaired) electrons. The zero-order chi connectivity index (χ0) is 20.4. The van der Waals surface area contributed by atoms with E-state index in [-0.39, 0.29) is 16.5 Å². The summed E-state index contributed by atoms with van der Waals surface area (Å²) in [5, 5.41) is 2.10. The molecule has 144 valence electrons. The van der Waals surface area contributed by atoms with Gasteiger partial charge in [-0.25, -0.2) is 8.42 Å². The molecule has 0 aliphatic heterocycles. The molecule has 0 fully saturated rings. The zero-order valence-electron chi connectivity index (χ0n) is 14.9. The largest absolute Gasteiger partial charge is 0.326 e. The summed E-state index contributed by atoms with van der Waals surface area (Å²) in [7, 11) is -4.13. The Bertz CT molecular complexity index is 975. The van der Waals surface area contributed by atoms with E-state index in [1.165, 1.54) is 38.1 Å². The van der Waals surface area contributed by atoms with Crippen molar-refractivity contribution in [1.29, 1.82) is 0 Å². The van der Waals surface area contributed by atoms with Gasteiger partial charge in [0, 0.05) is 17.6 Å². The van der Waals surface area contributed by atoms with Crippen LogP contribution < -0.4 is 9.62 Å². The molecule has 1 amide bonds. The smallest absolute Gasteiger partial charge is 0.265 e. The van der Waals surface area contributed by atoms with E-state index in [0.29, 0.717) is 16.3 Å². The number of carbonyl (C=O) groups excluding carboxylic acids is 2. The predicted octanol–water partition coefficient (Wildman–Crippen LogP) is 3.96. The van der Waals surface area contributed by atoms with Gasteiger partial charge in [-0.1, -0.05) is 17.7 Å². The van der Waals surface area contributed by atoms with Crippen LogP contribution in [0.2, 0.25) is 5.02 Å². The van der Waals surface area contributed by atoms with E-state index in [2.05, 4.69) is 5.32 Å². The van der Waals surface area contributed by atoms with Crippen LogP contribution >= 0.6 is 23.2 Å². The highest BCUT2D eigenvalue weighted by Gasteiger charge is 2.33. The van der Waals surface area contributed by atoms with Crippen molar-refractivity contribution < 1.29 is 18.0 Å². The Morgan fingerprint density at radius 2 is 1.70 bits per heavy atom. The van der Waals surface area contributed by atoms with Crippen LogP contribution in [0.5, 0.6) is 0 Å². The van der Waals surface area contributed by atoms with Crippen molar-refractivity contribution in [3.63, 3.8) is 0 Å². The molecule has 0 bridgehead atoms. The minimum Gasteiger partial charge on any atom is -0.326 e. The summed E-state index contributed by atoms with van der Waals surface area (Å²) in [6, 6.07) is 9.25. The highest BCUT2D eigenvalue weighted by Crippen LogP contribution is 2.33. The van der Waals surface area contributed by atoms with E-state index < -0.39 is 21.3 Å². The van der Waals surface area contributed by atoms with Gasteiger partial charge in [0.25, 0.3) is 10.0 Å². The molecule has 2 aromatic rings. The van der Waals surface area contributed by atoms with Crippen LogP contribution in [0.4, 0.5) is 11.4 Å². The highest BCUT2D eigenvalue weighted by molar-refractivity contribution is 7.93. The molecule has 2 rings (SSSR count). The van der Waals surface area contributed by atoms with Gasteiger partial charge >= 0.3 is 0 Å². The van der Waals surface area contributed by atoms with Gasteiger partial charge in [0.2, 0.25) is 11.1 Å². The molecule has 0 aliphatic rings. The Balaban J connectivity index is 2.59. The van der Waals surface area contributed by atoms with Gasteiger partial charge < -0.3 is 5.32 Å². The fourth-order valence-electron chi connectivity index (χ4n) is 2.50. The second kappa shape index (κ2) is 8.29. The predicted molar refractivity (Wildman–Crippen MR) is 107 cm³/mol. The lowest BCUT2D eigenvalue weighted by Crippen LogP contribution is -2.42. The van der Waals surface area contributed by atoms with Gasteiger partial charge in [0.05, 0.1) is 10.6 Å². The molecule has 0 aliphatic carbocycles. The number of hydrogen-bond acceptors (Lipinski definition) is 4. The summed E-state index contributed by atoms with van der Waals surface area (Å²) < 4.78 is 27.5. The molecule has 27 heavy (non-hydrogen) atoms. The maximum atomic E-state index is 13.3. The number of halogens is 2. The summed E-state index contributed by atoms with van der Waals surface area (Å²) >= 11 is 11.7. The van der Waals surface area contributed by atoms with Crippen molar-refractivity contribution in [2.45, 2.75) is 31.7 Å². The molecule has 1 atom stereocenters. The average Bonchev–Trinajstić information content (AvgIpc) is 2.58. The summed E-state index contributed by atoms with van der Waals surface area (Å²) in [5.74, 6) is -0.275. The Morgan fingerprint density at radius 3 is 2.22 bits per heavy atom. The van der Waals surface area contributed by atoms with Crippen molar-refractivity contribution >= 4 is 55.7 Å². The normalized spacial score (nSPS) is 12.3. The minimum atomic E-state index is -4.13. The number of nitrogens with zero attached hydrogens (tertiary/aromatic N) is 1. The van der Waals surface area contributed by atoms with E-state index in [9.17, 15) is 18.0 Å². The second-order valence-corrected chi connectivity index (χ2v) is 8.47. The van der Waals surface area contributed by atoms with Crippen LogP contribution in [0.25, 0.3) is 0 Å². The molecule has 0 heterocycles. The Morgan fingerprint density at radius 1 is 1.11 bits per heavy atom. The van der Waals surface area contributed by atoms with Crippen molar-refractivity contribution in [2.75, 3.05) is 9.62 Å². The summed E-state index contributed by atoms with van der Waals surface area (Å²) in [6.45, 7) is 4.41. The first-order chi connectivity index (χ1) is 12.6. The number of amides is 1. The zero-order valence-corrected chi connectivity index (χ0v) is 17.2. The third-order valence-corrected chi connectivity index (χ3v) is 6.51. The van der Waals surface area contributed by atoms with Crippen molar-refractivity contribution in [3.05, 3.63) is 53.1 Å². The molecule has 0 saturated carbocycles. The summed E-state index contributed by atoms with van der Waals surface area (Å²) in [6.07, 6.45) is 0. The van der Waals surface area contributed by atoms with Crippen LogP contribution in [-0.2, 0) is 19.6 Å². The van der Waals surface area contributed by atoms with Crippen molar-refractivity contribution in [1.82, 2.24) is 0 Å². The number of anilines is 2. The van der Waals surface area contributed by atoms with Crippen LogP contribution in [-0.4, -0.2) is 25.6 Å². The van der Waals surface area contributed by atoms with E-state index in [1.54, 1.807) is 25.1 Å². The Kier molecular flexibility index (Phi) is 6.51. The number of nitrogens with one attached hydrogen (secondary N) is 1. The third-order valence-electron chi connectivity index (χ3n) is 3.89. The summed E-state index contributed by atoms with van der Waals surface area (Å²) in [4.78, 5) is 22.9. The average molecular weight is 429 g/mol. The summed E-state index contributed by atoms with van der Waals surface area (Å²) in [5.41, 5.74) is 1.21. The number of benzene rings is 2. The van der Waals surface area contributed by atoms with Gasteiger partial charge in [-0.15, -0.1) is 0 Å². The fourth-order valence-corrected chi connectivity index (χ4v) is 4.50. The minimum absolute atomic E-state index is 0.0549. The first-order valence-corrected chi connectivity index (χ1v) is 10.1. The van der Waals surface area contributed by atoms with Crippen LogP contribution in [0.15, 0.2) is 47.4 Å². The maximum Gasteiger partial charge on any atom is 0.265 e. The first-order valence-electron chi connectivity index (χ1n) is 7.92. The Labute approximate surface area is 168 Å². The number of carbonyl (C=O) groups is 2. The van der Waals surface area contributed by atoms with Gasteiger partial charge in [-0.05, 0) is 67.4 Å². The van der Waals surface area contributed by atoms with Crippen LogP contribution in [0.3, 0.4) is 0 Å². The standard InChI is InChI=1S/C18H18Cl2N2O4S/c1-11-16(19)5-4-6-17(11)22(12(2)18(20)24)27(25,26)15-9-7-14(8-10-15)21-13(3)23/h4-10,12H,1-3H3,(H,21,23). The topological polar surface area (TPSA) is 83.6 Å². The van der Waals surface area contributed by atoms with Gasteiger partial charge in [-0.2, -0.15) is 0 Å². The maximum absolute atomic E-state index is 13.3. The van der Waals surface area contributed by atoms with E-state index in [1.807, 2.05) is 0 Å². The van der Waals surface area contributed by atoms with Crippen molar-refractivity contribution in [3.8, 4) is 0 Å².